The molecule has 0 saturated heterocycles. The Hall–Kier alpha value is -4.95. The number of carbonyl (C=O) groups is 2. The Labute approximate surface area is 224 Å². The second-order valence-electron chi connectivity index (χ2n) is 8.07. The molecule has 2 amide bonds. The zero-order chi connectivity index (χ0) is 26.9. The van der Waals surface area contributed by atoms with Crippen molar-refractivity contribution in [2.45, 2.75) is 0 Å². The Kier molecular flexibility index (Phi) is 8.48. The number of carbonyl (C=O) groups excluding carboxylic acids is 2. The van der Waals surface area contributed by atoms with Gasteiger partial charge in [0.15, 0.2) is 0 Å². The van der Waals surface area contributed by atoms with Crippen LogP contribution in [0, 0.1) is 0 Å². The van der Waals surface area contributed by atoms with Crippen LogP contribution < -0.4 is 21.3 Å². The predicted molar refractivity (Wildman–Crippen MR) is 149 cm³/mol. The van der Waals surface area contributed by atoms with Gasteiger partial charge in [-0.25, -0.2) is 0 Å². The number of aromatic nitrogens is 2. The van der Waals surface area contributed by atoms with Gasteiger partial charge in [-0.1, -0.05) is 90.5 Å². The molecule has 4 aromatic rings. The highest BCUT2D eigenvalue weighted by atomic mass is 35.5. The lowest BCUT2D eigenvalue weighted by Crippen LogP contribution is -2.44. The number of nitrogens with zero attached hydrogens (tertiary/aromatic N) is 3. The van der Waals surface area contributed by atoms with E-state index in [9.17, 15) is 14.4 Å². The average molecular weight is 526 g/mol. The number of nitrogens with one attached hydrogen (secondary N) is 2. The molecule has 0 aliphatic carbocycles. The second kappa shape index (κ2) is 12.3. The molecule has 0 spiro atoms. The number of benzene rings is 3. The molecule has 8 nitrogen and oxygen atoms in total. The highest BCUT2D eigenvalue weighted by Gasteiger charge is 2.19. The van der Waals surface area contributed by atoms with Crippen molar-refractivity contribution in [2.75, 3.05) is 12.1 Å². The summed E-state index contributed by atoms with van der Waals surface area (Å²) in [5.41, 5.74) is 4.13. The highest BCUT2D eigenvalue weighted by molar-refractivity contribution is 6.33. The van der Waals surface area contributed by atoms with Gasteiger partial charge in [-0.3, -0.25) is 24.8 Å². The topological polar surface area (TPSA) is 96.3 Å². The van der Waals surface area contributed by atoms with Crippen LogP contribution in [0.15, 0.2) is 120 Å². The zero-order valence-electron chi connectivity index (χ0n) is 20.4. The molecule has 0 unspecified atom stereocenters. The van der Waals surface area contributed by atoms with Crippen molar-refractivity contribution in [3.63, 3.8) is 0 Å². The molecule has 0 atom stereocenters. The first-order chi connectivity index (χ1) is 18.4. The molecular formula is C29H24ClN5O3. The van der Waals surface area contributed by atoms with Gasteiger partial charge in [-0.2, -0.15) is 9.78 Å². The smallest absolute Gasteiger partial charge is 0.292 e. The van der Waals surface area contributed by atoms with Gasteiger partial charge in [-0.05, 0) is 35.9 Å². The first-order valence-electron chi connectivity index (χ1n) is 11.6. The number of rotatable bonds is 8. The van der Waals surface area contributed by atoms with E-state index in [1.54, 1.807) is 66.7 Å². The van der Waals surface area contributed by atoms with Gasteiger partial charge in [-0.15, -0.1) is 0 Å². The summed E-state index contributed by atoms with van der Waals surface area (Å²) in [6, 6.07) is 26.9. The van der Waals surface area contributed by atoms with Crippen molar-refractivity contribution in [2.24, 2.45) is 0 Å². The largest absolute Gasteiger partial charge is 0.317 e. The summed E-state index contributed by atoms with van der Waals surface area (Å²) in [7, 11) is 1.52. The van der Waals surface area contributed by atoms with Crippen molar-refractivity contribution < 1.29 is 9.59 Å². The number of halogens is 1. The fraction of sp³-hybridized carbons (Fsp3) is 0.0345. The first-order valence-corrected chi connectivity index (χ1v) is 12.0. The summed E-state index contributed by atoms with van der Waals surface area (Å²) in [6.45, 7) is 0. The van der Waals surface area contributed by atoms with Crippen molar-refractivity contribution in [1.82, 2.24) is 20.5 Å². The summed E-state index contributed by atoms with van der Waals surface area (Å²) >= 11 is 6.36. The van der Waals surface area contributed by atoms with E-state index in [0.29, 0.717) is 11.3 Å². The molecule has 0 aliphatic heterocycles. The summed E-state index contributed by atoms with van der Waals surface area (Å²) in [4.78, 5) is 38.8. The summed E-state index contributed by atoms with van der Waals surface area (Å²) in [5.74, 6) is -1.08. The van der Waals surface area contributed by atoms with E-state index >= 15 is 0 Å². The normalized spacial score (nSPS) is 11.3. The van der Waals surface area contributed by atoms with Crippen LogP contribution in [0.5, 0.6) is 0 Å². The molecule has 190 valence electrons. The molecule has 0 bridgehead atoms. The fourth-order valence-electron chi connectivity index (χ4n) is 3.46. The van der Waals surface area contributed by atoms with Crippen molar-refractivity contribution in [1.29, 1.82) is 0 Å². The Balaban J connectivity index is 1.57. The maximum atomic E-state index is 13.2. The minimum absolute atomic E-state index is 0.0143. The van der Waals surface area contributed by atoms with Crippen LogP contribution in [0.4, 0.5) is 5.69 Å². The lowest BCUT2D eigenvalue weighted by atomic mass is 10.2. The maximum Gasteiger partial charge on any atom is 0.292 e. The van der Waals surface area contributed by atoms with Crippen molar-refractivity contribution in [3.8, 4) is 5.69 Å². The van der Waals surface area contributed by atoms with Gasteiger partial charge >= 0.3 is 0 Å². The van der Waals surface area contributed by atoms with Crippen molar-refractivity contribution in [3.05, 3.63) is 142 Å². The third-order valence-corrected chi connectivity index (χ3v) is 5.77. The summed E-state index contributed by atoms with van der Waals surface area (Å²) < 4.78 is 1.17. The monoisotopic (exact) mass is 525 g/mol. The van der Waals surface area contributed by atoms with Crippen LogP contribution in [0.25, 0.3) is 11.8 Å². The fourth-order valence-corrected chi connectivity index (χ4v) is 3.72. The number of allylic oxidation sites excluding steroid dienone is 2. The molecule has 3 aromatic carbocycles. The maximum absolute atomic E-state index is 13.2. The quantitative estimate of drug-likeness (QED) is 0.202. The third kappa shape index (κ3) is 6.43. The SMILES string of the molecule is CN(NC(=O)/C(=C\C=C/c1ccccc1)NC(=O)c1ccccc1)c1cnn(-c2ccccc2)c(=O)c1Cl. The summed E-state index contributed by atoms with van der Waals surface area (Å²) in [6.07, 6.45) is 6.32. The van der Waals surface area contributed by atoms with E-state index in [-0.39, 0.29) is 16.4 Å². The van der Waals surface area contributed by atoms with Gasteiger partial charge in [0.05, 0.1) is 11.9 Å². The molecule has 0 aliphatic rings. The van der Waals surface area contributed by atoms with Gasteiger partial charge in [0.1, 0.15) is 16.4 Å². The van der Waals surface area contributed by atoms with Gasteiger partial charge in [0.2, 0.25) is 0 Å². The minimum Gasteiger partial charge on any atom is -0.317 e. The Morgan fingerprint density at radius 2 is 1.53 bits per heavy atom. The van der Waals surface area contributed by atoms with E-state index in [4.69, 9.17) is 11.6 Å². The lowest BCUT2D eigenvalue weighted by Gasteiger charge is -2.22. The zero-order valence-corrected chi connectivity index (χ0v) is 21.2. The molecule has 0 saturated carbocycles. The van der Waals surface area contributed by atoms with Crippen LogP contribution in [0.1, 0.15) is 15.9 Å². The molecule has 0 radical (unpaired) electrons. The molecule has 2 N–H and O–H groups in total. The van der Waals surface area contributed by atoms with Crippen LogP contribution in [0.2, 0.25) is 5.02 Å². The minimum atomic E-state index is -0.627. The van der Waals surface area contributed by atoms with Gasteiger partial charge in [0, 0.05) is 12.6 Å². The molecule has 4 rings (SSSR count). The van der Waals surface area contributed by atoms with E-state index in [1.807, 2.05) is 36.4 Å². The lowest BCUT2D eigenvalue weighted by molar-refractivity contribution is -0.117. The van der Waals surface area contributed by atoms with Gasteiger partial charge in [0.25, 0.3) is 17.4 Å². The number of hydrogen-bond acceptors (Lipinski definition) is 5. The molecule has 1 heterocycles. The Morgan fingerprint density at radius 1 is 0.921 bits per heavy atom. The van der Waals surface area contributed by atoms with Gasteiger partial charge < -0.3 is 5.32 Å². The Bertz CT molecular complexity index is 1540. The van der Waals surface area contributed by atoms with Crippen LogP contribution >= 0.6 is 11.6 Å². The van der Waals surface area contributed by atoms with E-state index in [2.05, 4.69) is 15.8 Å². The van der Waals surface area contributed by atoms with E-state index < -0.39 is 17.4 Å². The number of amides is 2. The molecule has 9 heteroatoms. The molecule has 0 fully saturated rings. The third-order valence-electron chi connectivity index (χ3n) is 5.41. The van der Waals surface area contributed by atoms with Crippen LogP contribution in [-0.4, -0.2) is 28.6 Å². The number of para-hydroxylation sites is 1. The standard InChI is InChI=1S/C29H24ClN5O3/c1-34(25-20-31-35(29(38)26(25)30)23-17-9-4-10-18-23)33-28(37)24(19-11-14-21-12-5-2-6-13-21)32-27(36)22-15-7-3-8-16-22/h2-20H,1H3,(H,32,36)(H,33,37)/b14-11-,24-19+. The number of hydrogen-bond donors (Lipinski definition) is 2. The number of anilines is 1. The number of hydrazine groups is 1. The molecule has 1 aromatic heterocycles. The second-order valence-corrected chi connectivity index (χ2v) is 8.44. The van der Waals surface area contributed by atoms with Crippen LogP contribution in [-0.2, 0) is 4.79 Å². The Morgan fingerprint density at radius 3 is 2.18 bits per heavy atom. The molecular weight excluding hydrogens is 502 g/mol. The van der Waals surface area contributed by atoms with E-state index in [0.717, 1.165) is 5.56 Å². The van der Waals surface area contributed by atoms with Crippen molar-refractivity contribution >= 4 is 35.2 Å². The highest BCUT2D eigenvalue weighted by Crippen LogP contribution is 2.19. The first kappa shape index (κ1) is 26.1. The predicted octanol–water partition coefficient (Wildman–Crippen LogP) is 4.38. The average Bonchev–Trinajstić information content (AvgIpc) is 2.95. The van der Waals surface area contributed by atoms with Crippen LogP contribution in [0.3, 0.4) is 0 Å². The summed E-state index contributed by atoms with van der Waals surface area (Å²) in [5, 5.41) is 7.98. The van der Waals surface area contributed by atoms with E-state index in [1.165, 1.54) is 29.0 Å². The molecule has 38 heavy (non-hydrogen) atoms.